The molecule has 0 amide bonds. The summed E-state index contributed by atoms with van der Waals surface area (Å²) < 4.78 is 0. The first-order valence-electron chi connectivity index (χ1n) is 8.34. The van der Waals surface area contributed by atoms with Gasteiger partial charge in [-0.05, 0) is 0 Å². The van der Waals surface area contributed by atoms with E-state index in [2.05, 4.69) is 0 Å². The van der Waals surface area contributed by atoms with Crippen molar-refractivity contribution in [2.75, 3.05) is 0 Å². The fourth-order valence-electron chi connectivity index (χ4n) is 0. The summed E-state index contributed by atoms with van der Waals surface area (Å²) in [5, 5.41) is 57.2. The van der Waals surface area contributed by atoms with Gasteiger partial charge in [0.15, 0.2) is 0 Å². The molecule has 0 aromatic heterocycles. The van der Waals surface area contributed by atoms with Crippen LogP contribution in [0, 0.1) is 0 Å². The molecule has 0 bridgehead atoms. The average Bonchev–Trinajstić information content (AvgIpc) is 2.08. The van der Waals surface area contributed by atoms with E-state index in [0.717, 1.165) is 0 Å². The van der Waals surface area contributed by atoms with Crippen LogP contribution in [0.2, 0.25) is 0 Å². The summed E-state index contributed by atoms with van der Waals surface area (Å²) in [5.41, 5.74) is 0. The zero-order valence-electron chi connectivity index (χ0n) is 18.3. The van der Waals surface area contributed by atoms with Crippen LogP contribution in [-0.2, 0) is 21.1 Å². The van der Waals surface area contributed by atoms with Crippen LogP contribution in [-0.4, -0.2) is 36.6 Å². The van der Waals surface area contributed by atoms with Gasteiger partial charge in [0.25, 0.3) is 0 Å². The van der Waals surface area contributed by atoms with Gasteiger partial charge in [-0.25, -0.2) is 0 Å². The minimum absolute atomic E-state index is 0. The fraction of sp³-hybridized carbons (Fsp3) is 1.00. The molecule has 0 rings (SSSR count). The van der Waals surface area contributed by atoms with Crippen LogP contribution in [0.1, 0.15) is 83.1 Å². The smallest absolute Gasteiger partial charge is 0.852 e. The van der Waals surface area contributed by atoms with Gasteiger partial charge in [-0.3, -0.25) is 0 Å². The molecule has 0 aliphatic heterocycles. The number of hydrogen-bond acceptors (Lipinski definition) is 6. The second-order valence-electron chi connectivity index (χ2n) is 6.29. The zero-order chi connectivity index (χ0) is 21.5. The van der Waals surface area contributed by atoms with Crippen molar-refractivity contribution < 1.29 is 51.7 Å². The van der Waals surface area contributed by atoms with Crippen LogP contribution < -0.4 is 30.6 Å². The molecule has 0 radical (unpaired) electrons. The van der Waals surface area contributed by atoms with Crippen LogP contribution in [0.25, 0.3) is 0 Å². The van der Waals surface area contributed by atoms with E-state index < -0.39 is 36.6 Å². The van der Waals surface area contributed by atoms with Crippen molar-refractivity contribution in [3.05, 3.63) is 0 Å². The molecule has 25 heavy (non-hydrogen) atoms. The normalized spacial score (nSPS) is 8.64. The van der Waals surface area contributed by atoms with Gasteiger partial charge in [0, 0.05) is 0 Å². The van der Waals surface area contributed by atoms with E-state index in [1.807, 2.05) is 0 Å². The average molecular weight is 450 g/mol. The summed E-state index contributed by atoms with van der Waals surface area (Å²) in [4.78, 5) is 0. The zero-order valence-corrected chi connectivity index (χ0v) is 20.3. The quantitative estimate of drug-likeness (QED) is 0.413. The van der Waals surface area contributed by atoms with Crippen LogP contribution in [0.5, 0.6) is 0 Å². The SMILES string of the molecule is CC(C)[O-].CC(C)[O-].CC(C)[O-].CC(C)[O-].CC(C)[O-].CC(C)[O-].[Mo+6]. The van der Waals surface area contributed by atoms with E-state index in [1.54, 1.807) is 83.1 Å². The van der Waals surface area contributed by atoms with Gasteiger partial charge in [0.05, 0.1) is 0 Å². The third-order valence-electron chi connectivity index (χ3n) is 0. The molecule has 0 aliphatic carbocycles. The van der Waals surface area contributed by atoms with Gasteiger partial charge in [-0.15, -0.1) is 36.6 Å². The van der Waals surface area contributed by atoms with Crippen molar-refractivity contribution in [3.63, 3.8) is 0 Å². The molecule has 7 heteroatoms. The Morgan fingerprint density at radius 1 is 0.280 bits per heavy atom. The molecule has 0 N–H and O–H groups in total. The Morgan fingerprint density at radius 2 is 0.280 bits per heavy atom. The molecule has 0 aromatic carbocycles. The molecule has 6 nitrogen and oxygen atoms in total. The van der Waals surface area contributed by atoms with Crippen LogP contribution in [0.4, 0.5) is 0 Å². The minimum Gasteiger partial charge on any atom is -0.852 e. The van der Waals surface area contributed by atoms with Gasteiger partial charge in [-0.2, -0.15) is 0 Å². The van der Waals surface area contributed by atoms with E-state index in [0.29, 0.717) is 0 Å². The van der Waals surface area contributed by atoms with E-state index in [9.17, 15) is 30.6 Å². The first-order valence-corrected chi connectivity index (χ1v) is 8.34. The van der Waals surface area contributed by atoms with Crippen molar-refractivity contribution >= 4 is 0 Å². The Bertz CT molecular complexity index is 101. The largest absolute Gasteiger partial charge is 6.00 e. The van der Waals surface area contributed by atoms with E-state index in [1.165, 1.54) is 0 Å². The molecule has 0 saturated carbocycles. The first kappa shape index (κ1) is 44.7. The first-order chi connectivity index (χ1) is 10.4. The summed E-state index contributed by atoms with van der Waals surface area (Å²) >= 11 is 0. The van der Waals surface area contributed by atoms with Gasteiger partial charge in [0.2, 0.25) is 0 Å². The predicted molar refractivity (Wildman–Crippen MR) is 90.8 cm³/mol. The summed E-state index contributed by atoms with van der Waals surface area (Å²) in [6.07, 6.45) is -2.50. The number of rotatable bonds is 0. The van der Waals surface area contributed by atoms with E-state index in [4.69, 9.17) is 0 Å². The Morgan fingerprint density at radius 3 is 0.280 bits per heavy atom. The maximum absolute atomic E-state index is 9.53. The molecule has 0 saturated heterocycles. The predicted octanol–water partition coefficient (Wildman–Crippen LogP) is -1.47. The minimum atomic E-state index is -0.417. The number of hydrogen-bond donors (Lipinski definition) is 0. The summed E-state index contributed by atoms with van der Waals surface area (Å²) in [7, 11) is 0. The molecule has 0 heterocycles. The summed E-state index contributed by atoms with van der Waals surface area (Å²) in [6.45, 7) is 19.3. The maximum Gasteiger partial charge on any atom is 6.00 e. The Balaban J connectivity index is -0.0000000309. The van der Waals surface area contributed by atoms with Gasteiger partial charge in [-0.1, -0.05) is 83.1 Å². The van der Waals surface area contributed by atoms with Crippen LogP contribution in [0.3, 0.4) is 0 Å². The van der Waals surface area contributed by atoms with Crippen molar-refractivity contribution in [1.29, 1.82) is 0 Å². The Kier molecular flexibility index (Phi) is 70.6. The summed E-state index contributed by atoms with van der Waals surface area (Å²) in [5.74, 6) is 0. The second kappa shape index (κ2) is 39.5. The fourth-order valence-corrected chi connectivity index (χ4v) is 0. The third-order valence-corrected chi connectivity index (χ3v) is 0. The molecular formula is C18H42MoO6. The standard InChI is InChI=1S/6C3H7O.Mo/c6*1-3(2)4;/h6*3H,1-2H3;/q6*-1;+6. The molecule has 156 valence electrons. The van der Waals surface area contributed by atoms with E-state index >= 15 is 0 Å². The Hall–Kier alpha value is 0.448. The molecule has 0 aliphatic rings. The molecule has 0 aromatic rings. The van der Waals surface area contributed by atoms with Crippen LogP contribution >= 0.6 is 0 Å². The molecular weight excluding hydrogens is 408 g/mol. The van der Waals surface area contributed by atoms with Gasteiger partial charge < -0.3 is 30.6 Å². The van der Waals surface area contributed by atoms with Crippen LogP contribution in [0.15, 0.2) is 0 Å². The van der Waals surface area contributed by atoms with Crippen molar-refractivity contribution in [1.82, 2.24) is 0 Å². The third kappa shape index (κ3) is 61300. The maximum atomic E-state index is 9.53. The topological polar surface area (TPSA) is 138 Å². The molecule has 0 fully saturated rings. The van der Waals surface area contributed by atoms with Gasteiger partial charge >= 0.3 is 21.1 Å². The van der Waals surface area contributed by atoms with E-state index in [-0.39, 0.29) is 21.1 Å². The molecule has 0 unspecified atom stereocenters. The van der Waals surface area contributed by atoms with Crippen molar-refractivity contribution in [3.8, 4) is 0 Å². The monoisotopic (exact) mass is 452 g/mol. The van der Waals surface area contributed by atoms with Crippen molar-refractivity contribution in [2.45, 2.75) is 120 Å². The summed E-state index contributed by atoms with van der Waals surface area (Å²) in [6, 6.07) is 0. The van der Waals surface area contributed by atoms with Crippen molar-refractivity contribution in [2.24, 2.45) is 0 Å². The Labute approximate surface area is 171 Å². The molecule has 0 atom stereocenters. The molecule has 0 spiro atoms. The second-order valence-corrected chi connectivity index (χ2v) is 6.29. The van der Waals surface area contributed by atoms with Gasteiger partial charge in [0.1, 0.15) is 0 Å².